The molecule has 0 bridgehead atoms. The Morgan fingerprint density at radius 1 is 1.26 bits per heavy atom. The second kappa shape index (κ2) is 6.61. The van der Waals surface area contributed by atoms with E-state index >= 15 is 0 Å². The van der Waals surface area contributed by atoms with Gasteiger partial charge in [-0.3, -0.25) is 19.4 Å². The lowest BCUT2D eigenvalue weighted by atomic mass is 9.84. The molecule has 1 aliphatic heterocycles. The number of aromatic nitrogens is 1. The van der Waals surface area contributed by atoms with Gasteiger partial charge in [0.2, 0.25) is 11.7 Å². The molecule has 6 heteroatoms. The van der Waals surface area contributed by atoms with E-state index in [0.29, 0.717) is 0 Å². The van der Waals surface area contributed by atoms with E-state index in [1.54, 1.807) is 7.05 Å². The minimum absolute atomic E-state index is 0.0124. The number of pyridine rings is 1. The number of Topliss-reactive ketones (excluding diaryl/α,β-unsaturated/α-hetero) is 1. The van der Waals surface area contributed by atoms with Crippen molar-refractivity contribution in [2.24, 2.45) is 0 Å². The van der Waals surface area contributed by atoms with E-state index in [1.165, 1.54) is 17.4 Å². The van der Waals surface area contributed by atoms with E-state index in [4.69, 9.17) is 0 Å². The maximum absolute atomic E-state index is 11.9. The van der Waals surface area contributed by atoms with Crippen molar-refractivity contribution >= 4 is 23.3 Å². The fourth-order valence-corrected chi connectivity index (χ4v) is 4.13. The summed E-state index contributed by atoms with van der Waals surface area (Å²) >= 11 is 0. The number of hydrogen-bond acceptors (Lipinski definition) is 4. The van der Waals surface area contributed by atoms with Crippen LogP contribution in [0, 0.1) is 0 Å². The Bertz CT molecular complexity index is 967. The van der Waals surface area contributed by atoms with Crippen molar-refractivity contribution in [2.75, 3.05) is 11.9 Å². The minimum atomic E-state index is -0.466. The third kappa shape index (κ3) is 3.01. The van der Waals surface area contributed by atoms with Crippen LogP contribution in [0.1, 0.15) is 42.5 Å². The second-order valence-corrected chi connectivity index (χ2v) is 7.21. The molecule has 0 fully saturated rings. The number of fused-ring (bicyclic) bond motifs is 2. The molecule has 0 saturated heterocycles. The van der Waals surface area contributed by atoms with E-state index < -0.39 is 5.91 Å². The van der Waals surface area contributed by atoms with E-state index in [9.17, 15) is 14.4 Å². The van der Waals surface area contributed by atoms with Gasteiger partial charge in [0.1, 0.15) is 0 Å². The molecule has 0 spiro atoms. The molecule has 27 heavy (non-hydrogen) atoms. The number of nitrogens with zero attached hydrogens (tertiary/aromatic N) is 2. The maximum atomic E-state index is 11.9. The fraction of sp³-hybridized carbons (Fsp3) is 0.333. The summed E-state index contributed by atoms with van der Waals surface area (Å²) in [5.74, 6) is -0.897. The summed E-state index contributed by atoms with van der Waals surface area (Å²) in [6.07, 6.45) is 6.64. The van der Waals surface area contributed by atoms with E-state index in [1.807, 2.05) is 30.6 Å². The van der Waals surface area contributed by atoms with Crippen LogP contribution in [-0.4, -0.2) is 29.6 Å². The molecule has 0 saturated carbocycles. The summed E-state index contributed by atoms with van der Waals surface area (Å²) < 4.78 is 0. The van der Waals surface area contributed by atoms with Crippen molar-refractivity contribution in [1.29, 1.82) is 0 Å². The number of likely N-dealkylation sites (N-methyl/N-ethyl adjacent to an activating group) is 1. The quantitative estimate of drug-likeness (QED) is 0.831. The summed E-state index contributed by atoms with van der Waals surface area (Å²) in [5, 5.41) is 3.02. The van der Waals surface area contributed by atoms with Gasteiger partial charge in [0, 0.05) is 44.0 Å². The topological polar surface area (TPSA) is 79.4 Å². The predicted molar refractivity (Wildman–Crippen MR) is 101 cm³/mol. The van der Waals surface area contributed by atoms with Gasteiger partial charge in [-0.05, 0) is 53.6 Å². The smallest absolute Gasteiger partial charge is 0.294 e. The summed E-state index contributed by atoms with van der Waals surface area (Å²) in [6.45, 7) is 1.53. The number of ketones is 1. The van der Waals surface area contributed by atoms with Gasteiger partial charge in [-0.1, -0.05) is 6.07 Å². The molecule has 2 heterocycles. The van der Waals surface area contributed by atoms with E-state index in [2.05, 4.69) is 10.3 Å². The van der Waals surface area contributed by atoms with E-state index in [0.717, 1.165) is 47.2 Å². The predicted octanol–water partition coefficient (Wildman–Crippen LogP) is 2.35. The number of amides is 2. The molecule has 0 unspecified atom stereocenters. The monoisotopic (exact) mass is 363 g/mol. The molecule has 1 aromatic heterocycles. The molecule has 2 amide bonds. The van der Waals surface area contributed by atoms with Crippen molar-refractivity contribution in [2.45, 2.75) is 38.6 Å². The van der Waals surface area contributed by atoms with Gasteiger partial charge in [0.25, 0.3) is 5.91 Å². The number of nitrogens with one attached hydrogen (secondary N) is 1. The second-order valence-electron chi connectivity index (χ2n) is 7.21. The first kappa shape index (κ1) is 17.4. The van der Waals surface area contributed by atoms with Gasteiger partial charge in [-0.25, -0.2) is 0 Å². The van der Waals surface area contributed by atoms with Crippen LogP contribution in [-0.2, 0) is 27.2 Å². The highest BCUT2D eigenvalue weighted by Crippen LogP contribution is 2.37. The molecule has 2 aliphatic rings. The highest BCUT2D eigenvalue weighted by Gasteiger charge is 2.29. The highest BCUT2D eigenvalue weighted by atomic mass is 16.2. The number of carbonyl (C=O) groups is 3. The average Bonchev–Trinajstić information content (AvgIpc) is 2.65. The number of carbonyl (C=O) groups excluding carboxylic acids is 3. The summed E-state index contributed by atoms with van der Waals surface area (Å²) in [5.41, 5.74) is 5.90. The van der Waals surface area contributed by atoms with Crippen LogP contribution in [0.2, 0.25) is 0 Å². The summed E-state index contributed by atoms with van der Waals surface area (Å²) in [7, 11) is 1.63. The van der Waals surface area contributed by atoms with Crippen LogP contribution in [0.25, 0.3) is 11.1 Å². The van der Waals surface area contributed by atoms with Gasteiger partial charge in [0.05, 0.1) is 6.04 Å². The van der Waals surface area contributed by atoms with Crippen LogP contribution in [0.5, 0.6) is 0 Å². The number of benzene rings is 1. The number of rotatable bonds is 2. The Balaban J connectivity index is 1.77. The van der Waals surface area contributed by atoms with Crippen LogP contribution in [0.15, 0.2) is 30.6 Å². The molecule has 2 aromatic rings. The molecule has 1 N–H and O–H groups in total. The molecular formula is C21H21N3O3. The normalized spacial score (nSPS) is 18.7. The van der Waals surface area contributed by atoms with Crippen molar-refractivity contribution in [3.63, 3.8) is 0 Å². The minimum Gasteiger partial charge on any atom is -0.349 e. The lowest BCUT2D eigenvalue weighted by Gasteiger charge is -2.28. The van der Waals surface area contributed by atoms with Gasteiger partial charge in [-0.15, -0.1) is 0 Å². The first-order chi connectivity index (χ1) is 13.0. The largest absolute Gasteiger partial charge is 0.349 e. The average molecular weight is 363 g/mol. The van der Waals surface area contributed by atoms with Gasteiger partial charge in [-0.2, -0.15) is 0 Å². The fourth-order valence-electron chi connectivity index (χ4n) is 4.13. The maximum Gasteiger partial charge on any atom is 0.294 e. The van der Waals surface area contributed by atoms with Crippen LogP contribution >= 0.6 is 0 Å². The number of hydrogen-bond donors (Lipinski definition) is 1. The Labute approximate surface area is 157 Å². The molecule has 4 rings (SSSR count). The zero-order chi connectivity index (χ0) is 19.1. The van der Waals surface area contributed by atoms with Crippen molar-refractivity contribution in [1.82, 2.24) is 10.3 Å². The Hall–Kier alpha value is -3.02. The Morgan fingerprint density at radius 2 is 2.07 bits per heavy atom. The van der Waals surface area contributed by atoms with Crippen molar-refractivity contribution < 1.29 is 14.4 Å². The summed E-state index contributed by atoms with van der Waals surface area (Å²) in [4.78, 5) is 41.2. The molecule has 138 valence electrons. The van der Waals surface area contributed by atoms with Gasteiger partial charge >= 0.3 is 0 Å². The Kier molecular flexibility index (Phi) is 4.26. The standard InChI is InChI=1S/C21H21N3O3/c1-12(25)23-18-5-3-4-15-16(10-22-11-17(15)18)13-6-7-19-14(8-13)9-20(26)21(27)24(19)2/h6-8,10-11,18H,3-5,9H2,1-2H3,(H,23,25)/t18-/m1/s1. The van der Waals surface area contributed by atoms with Crippen molar-refractivity contribution in [3.05, 3.63) is 47.3 Å². The highest BCUT2D eigenvalue weighted by molar-refractivity contribution is 6.43. The van der Waals surface area contributed by atoms with Crippen LogP contribution in [0.3, 0.4) is 0 Å². The Morgan fingerprint density at radius 3 is 2.85 bits per heavy atom. The molecule has 6 nitrogen and oxygen atoms in total. The zero-order valence-electron chi connectivity index (χ0n) is 15.4. The van der Waals surface area contributed by atoms with Crippen LogP contribution in [0.4, 0.5) is 5.69 Å². The summed E-state index contributed by atoms with van der Waals surface area (Å²) in [6, 6.07) is 5.83. The lowest BCUT2D eigenvalue weighted by Crippen LogP contribution is -2.38. The molecule has 1 atom stereocenters. The zero-order valence-corrected chi connectivity index (χ0v) is 15.4. The third-order valence-electron chi connectivity index (χ3n) is 5.41. The van der Waals surface area contributed by atoms with Crippen molar-refractivity contribution in [3.8, 4) is 11.1 Å². The lowest BCUT2D eigenvalue weighted by molar-refractivity contribution is -0.136. The van der Waals surface area contributed by atoms with E-state index in [-0.39, 0.29) is 24.2 Å². The molecule has 1 aliphatic carbocycles. The van der Waals surface area contributed by atoms with Crippen LogP contribution < -0.4 is 10.2 Å². The third-order valence-corrected chi connectivity index (χ3v) is 5.41. The first-order valence-electron chi connectivity index (χ1n) is 9.13. The molecular weight excluding hydrogens is 342 g/mol. The molecule has 0 radical (unpaired) electrons. The SMILES string of the molecule is CC(=O)N[C@@H]1CCCc2c(-c3ccc4c(c3)CC(=O)C(=O)N4C)cncc21. The van der Waals surface area contributed by atoms with Gasteiger partial charge in [0.15, 0.2) is 0 Å². The number of anilines is 1. The van der Waals surface area contributed by atoms with Gasteiger partial charge < -0.3 is 10.2 Å². The first-order valence-corrected chi connectivity index (χ1v) is 9.13. The molecule has 1 aromatic carbocycles.